The van der Waals surface area contributed by atoms with Crippen molar-refractivity contribution in [3.8, 4) is 5.75 Å². The van der Waals surface area contributed by atoms with E-state index in [-0.39, 0.29) is 0 Å². The van der Waals surface area contributed by atoms with Gasteiger partial charge >= 0.3 is 0 Å². The maximum Gasteiger partial charge on any atom is 0.133 e. The van der Waals surface area contributed by atoms with E-state index in [2.05, 4.69) is 26.4 Å². The first kappa shape index (κ1) is 13.1. The monoisotopic (exact) mass is 310 g/mol. The molecule has 1 heterocycles. The predicted molar refractivity (Wildman–Crippen MR) is 72.6 cm³/mol. The molecule has 0 unspecified atom stereocenters. The molecular weight excluding hydrogens is 296 g/mol. The van der Waals surface area contributed by atoms with Crippen LogP contribution in [0.25, 0.3) is 0 Å². The van der Waals surface area contributed by atoms with Gasteiger partial charge < -0.3 is 14.6 Å². The van der Waals surface area contributed by atoms with Crippen molar-refractivity contribution in [2.24, 2.45) is 0 Å². The Kier molecular flexibility index (Phi) is 4.78. The standard InChI is InChI=1S/C13H15BrN2O2/c1-10-8-12(16-18-10)9-15-6-7-17-13-4-2-11(14)3-5-13/h2-5,8,15H,6-7,9H2,1H3. The molecule has 0 atom stereocenters. The van der Waals surface area contributed by atoms with Crippen LogP contribution in [0, 0.1) is 6.92 Å². The van der Waals surface area contributed by atoms with E-state index in [1.807, 2.05) is 37.3 Å². The summed E-state index contributed by atoms with van der Waals surface area (Å²) in [5.74, 6) is 1.70. The Balaban J connectivity index is 1.63. The van der Waals surface area contributed by atoms with Crippen molar-refractivity contribution in [3.05, 3.63) is 46.3 Å². The Morgan fingerprint density at radius 3 is 2.78 bits per heavy atom. The first-order valence-electron chi connectivity index (χ1n) is 5.75. The molecular formula is C13H15BrN2O2. The number of aryl methyl sites for hydroxylation is 1. The minimum Gasteiger partial charge on any atom is -0.492 e. The number of hydrogen-bond acceptors (Lipinski definition) is 4. The molecule has 0 radical (unpaired) electrons. The van der Waals surface area contributed by atoms with Crippen molar-refractivity contribution >= 4 is 15.9 Å². The molecule has 0 aliphatic rings. The van der Waals surface area contributed by atoms with Crippen LogP contribution in [0.1, 0.15) is 11.5 Å². The highest BCUT2D eigenvalue weighted by molar-refractivity contribution is 9.10. The average Bonchev–Trinajstić information content (AvgIpc) is 2.77. The quantitative estimate of drug-likeness (QED) is 0.833. The molecule has 2 rings (SSSR count). The molecule has 1 aromatic carbocycles. The third kappa shape index (κ3) is 4.16. The van der Waals surface area contributed by atoms with Crippen LogP contribution in [0.2, 0.25) is 0 Å². The Labute approximate surface area is 114 Å². The van der Waals surface area contributed by atoms with E-state index in [0.717, 1.165) is 28.2 Å². The van der Waals surface area contributed by atoms with Crippen molar-refractivity contribution in [1.82, 2.24) is 10.5 Å². The van der Waals surface area contributed by atoms with Gasteiger partial charge in [0.1, 0.15) is 18.1 Å². The fraction of sp³-hybridized carbons (Fsp3) is 0.308. The van der Waals surface area contributed by atoms with Gasteiger partial charge in [0.15, 0.2) is 0 Å². The van der Waals surface area contributed by atoms with Gasteiger partial charge in [-0.25, -0.2) is 0 Å². The van der Waals surface area contributed by atoms with Crippen molar-refractivity contribution in [1.29, 1.82) is 0 Å². The van der Waals surface area contributed by atoms with E-state index >= 15 is 0 Å². The average molecular weight is 311 g/mol. The third-order valence-electron chi connectivity index (χ3n) is 2.34. The summed E-state index contributed by atoms with van der Waals surface area (Å²) in [6, 6.07) is 9.71. The Morgan fingerprint density at radius 1 is 1.33 bits per heavy atom. The van der Waals surface area contributed by atoms with Crippen LogP contribution in [-0.4, -0.2) is 18.3 Å². The molecule has 4 nitrogen and oxygen atoms in total. The lowest BCUT2D eigenvalue weighted by Gasteiger charge is -2.06. The molecule has 0 fully saturated rings. The molecule has 0 bridgehead atoms. The summed E-state index contributed by atoms with van der Waals surface area (Å²) in [5.41, 5.74) is 0.913. The summed E-state index contributed by atoms with van der Waals surface area (Å²) in [4.78, 5) is 0. The largest absolute Gasteiger partial charge is 0.492 e. The number of nitrogens with zero attached hydrogens (tertiary/aromatic N) is 1. The summed E-state index contributed by atoms with van der Waals surface area (Å²) < 4.78 is 11.6. The highest BCUT2D eigenvalue weighted by Gasteiger charge is 1.99. The second-order valence-electron chi connectivity index (χ2n) is 3.91. The lowest BCUT2D eigenvalue weighted by molar-refractivity contribution is 0.312. The van der Waals surface area contributed by atoms with Gasteiger partial charge in [0.2, 0.25) is 0 Å². The summed E-state index contributed by atoms with van der Waals surface area (Å²) in [7, 11) is 0. The van der Waals surface area contributed by atoms with E-state index in [1.165, 1.54) is 0 Å². The summed E-state index contributed by atoms with van der Waals surface area (Å²) in [5, 5.41) is 7.14. The van der Waals surface area contributed by atoms with Crippen molar-refractivity contribution < 1.29 is 9.26 Å². The SMILES string of the molecule is Cc1cc(CNCCOc2ccc(Br)cc2)no1. The second kappa shape index (κ2) is 6.56. The van der Waals surface area contributed by atoms with E-state index in [4.69, 9.17) is 9.26 Å². The first-order chi connectivity index (χ1) is 8.74. The fourth-order valence-electron chi connectivity index (χ4n) is 1.49. The molecule has 0 amide bonds. The van der Waals surface area contributed by atoms with Crippen LogP contribution in [0.5, 0.6) is 5.75 Å². The zero-order valence-corrected chi connectivity index (χ0v) is 11.7. The molecule has 0 spiro atoms. The summed E-state index contributed by atoms with van der Waals surface area (Å²) in [6.45, 7) is 3.97. The molecule has 1 N–H and O–H groups in total. The molecule has 2 aromatic rings. The second-order valence-corrected chi connectivity index (χ2v) is 4.82. The molecule has 0 aliphatic carbocycles. The molecule has 5 heteroatoms. The van der Waals surface area contributed by atoms with Gasteiger partial charge in [-0.05, 0) is 31.2 Å². The number of benzene rings is 1. The van der Waals surface area contributed by atoms with Gasteiger partial charge in [-0.2, -0.15) is 0 Å². The van der Waals surface area contributed by atoms with Gasteiger partial charge in [0.05, 0.1) is 5.69 Å². The van der Waals surface area contributed by atoms with Gasteiger partial charge in [-0.1, -0.05) is 21.1 Å². The van der Waals surface area contributed by atoms with E-state index in [0.29, 0.717) is 13.2 Å². The first-order valence-corrected chi connectivity index (χ1v) is 6.54. The highest BCUT2D eigenvalue weighted by Crippen LogP contribution is 2.15. The Morgan fingerprint density at radius 2 is 2.11 bits per heavy atom. The normalized spacial score (nSPS) is 10.6. The van der Waals surface area contributed by atoms with E-state index < -0.39 is 0 Å². The molecule has 0 aliphatic heterocycles. The maximum absolute atomic E-state index is 5.58. The lowest BCUT2D eigenvalue weighted by atomic mass is 10.3. The van der Waals surface area contributed by atoms with Gasteiger partial charge in [-0.15, -0.1) is 0 Å². The molecule has 1 aromatic heterocycles. The molecule has 0 saturated heterocycles. The summed E-state index contributed by atoms with van der Waals surface area (Å²) >= 11 is 3.38. The van der Waals surface area contributed by atoms with Gasteiger partial charge in [0.25, 0.3) is 0 Å². The maximum atomic E-state index is 5.58. The predicted octanol–water partition coefficient (Wildman–Crippen LogP) is 2.91. The van der Waals surface area contributed by atoms with E-state index in [1.54, 1.807) is 0 Å². The highest BCUT2D eigenvalue weighted by atomic mass is 79.9. The van der Waals surface area contributed by atoms with Crippen molar-refractivity contribution in [2.45, 2.75) is 13.5 Å². The zero-order chi connectivity index (χ0) is 12.8. The number of halogens is 1. The van der Waals surface area contributed by atoms with Crippen LogP contribution in [0.4, 0.5) is 0 Å². The van der Waals surface area contributed by atoms with Crippen molar-refractivity contribution in [3.63, 3.8) is 0 Å². The van der Waals surface area contributed by atoms with Crippen LogP contribution in [0.15, 0.2) is 39.3 Å². The minimum absolute atomic E-state index is 0.623. The topological polar surface area (TPSA) is 47.3 Å². The minimum atomic E-state index is 0.623. The van der Waals surface area contributed by atoms with Gasteiger partial charge in [0, 0.05) is 23.6 Å². The molecule has 96 valence electrons. The number of aromatic nitrogens is 1. The molecule has 18 heavy (non-hydrogen) atoms. The Bertz CT molecular complexity index is 482. The number of ether oxygens (including phenoxy) is 1. The number of nitrogens with one attached hydrogen (secondary N) is 1. The van der Waals surface area contributed by atoms with Crippen molar-refractivity contribution in [2.75, 3.05) is 13.2 Å². The summed E-state index contributed by atoms with van der Waals surface area (Å²) in [6.07, 6.45) is 0. The van der Waals surface area contributed by atoms with Gasteiger partial charge in [-0.3, -0.25) is 0 Å². The van der Waals surface area contributed by atoms with Crippen LogP contribution < -0.4 is 10.1 Å². The number of rotatable bonds is 6. The third-order valence-corrected chi connectivity index (χ3v) is 2.87. The van der Waals surface area contributed by atoms with E-state index in [9.17, 15) is 0 Å². The van der Waals surface area contributed by atoms with Crippen LogP contribution >= 0.6 is 15.9 Å². The lowest BCUT2D eigenvalue weighted by Crippen LogP contribution is -2.20. The smallest absolute Gasteiger partial charge is 0.133 e. The molecule has 0 saturated carbocycles. The van der Waals surface area contributed by atoms with Crippen LogP contribution in [0.3, 0.4) is 0 Å². The number of hydrogen-bond donors (Lipinski definition) is 1. The Hall–Kier alpha value is -1.33. The zero-order valence-electron chi connectivity index (χ0n) is 10.1. The van der Waals surface area contributed by atoms with Crippen LogP contribution in [-0.2, 0) is 6.54 Å². The fourth-order valence-corrected chi connectivity index (χ4v) is 1.75.